The van der Waals surface area contributed by atoms with Crippen molar-refractivity contribution >= 4 is 27.5 Å². The maximum Gasteiger partial charge on any atom is 0.0462 e. The van der Waals surface area contributed by atoms with Crippen LogP contribution in [-0.4, -0.2) is 43.0 Å². The highest BCUT2D eigenvalue weighted by Gasteiger charge is 2.20. The van der Waals surface area contributed by atoms with Crippen LogP contribution in [0.4, 0.5) is 0 Å². The molecule has 0 spiro atoms. The average molecular weight is 332 g/mol. The van der Waals surface area contributed by atoms with Crippen molar-refractivity contribution in [3.63, 3.8) is 0 Å². The molecule has 0 aliphatic carbocycles. The maximum atomic E-state index is 6.26. The van der Waals surface area contributed by atoms with Gasteiger partial charge in [0.15, 0.2) is 0 Å². The Labute approximate surface area is 123 Å². The molecule has 0 amide bonds. The first-order valence-electron chi connectivity index (χ1n) is 6.39. The van der Waals surface area contributed by atoms with Crippen LogP contribution >= 0.6 is 27.5 Å². The van der Waals surface area contributed by atoms with Crippen molar-refractivity contribution in [3.05, 3.63) is 33.3 Å². The van der Waals surface area contributed by atoms with Crippen LogP contribution in [0.25, 0.3) is 0 Å². The number of nitrogens with zero attached hydrogens (tertiary/aromatic N) is 2. The second-order valence-electron chi connectivity index (χ2n) is 5.21. The summed E-state index contributed by atoms with van der Waals surface area (Å²) in [7, 11) is 4.35. The zero-order valence-electron chi connectivity index (χ0n) is 11.0. The number of halogens is 2. The Morgan fingerprint density at radius 2 is 2.00 bits per heavy atom. The highest BCUT2D eigenvalue weighted by atomic mass is 79.9. The summed E-state index contributed by atoms with van der Waals surface area (Å²) in [6.45, 7) is 3.29. The fourth-order valence-corrected chi connectivity index (χ4v) is 3.22. The molecule has 0 radical (unpaired) electrons. The molecular formula is C14H20BrClN2. The van der Waals surface area contributed by atoms with Crippen LogP contribution < -0.4 is 0 Å². The van der Waals surface area contributed by atoms with Crippen molar-refractivity contribution in [2.24, 2.45) is 0 Å². The lowest BCUT2D eigenvalue weighted by Gasteiger charge is -2.35. The Morgan fingerprint density at radius 3 is 2.56 bits per heavy atom. The van der Waals surface area contributed by atoms with Gasteiger partial charge in [-0.15, -0.1) is 0 Å². The van der Waals surface area contributed by atoms with Crippen LogP contribution in [0.2, 0.25) is 5.02 Å². The minimum Gasteiger partial charge on any atom is -0.306 e. The molecule has 0 N–H and O–H groups in total. The summed E-state index contributed by atoms with van der Waals surface area (Å²) >= 11 is 9.70. The Balaban J connectivity index is 1.91. The molecule has 1 aliphatic heterocycles. The number of benzene rings is 1. The summed E-state index contributed by atoms with van der Waals surface area (Å²) in [6, 6.07) is 6.89. The van der Waals surface area contributed by atoms with E-state index in [1.54, 1.807) is 0 Å². The van der Waals surface area contributed by atoms with E-state index >= 15 is 0 Å². The second kappa shape index (κ2) is 6.38. The molecule has 1 aromatic rings. The molecule has 0 unspecified atom stereocenters. The normalized spacial score (nSPS) is 18.5. The lowest BCUT2D eigenvalue weighted by atomic mass is 10.0. The molecule has 2 nitrogen and oxygen atoms in total. The number of piperidine rings is 1. The van der Waals surface area contributed by atoms with Gasteiger partial charge >= 0.3 is 0 Å². The highest BCUT2D eigenvalue weighted by molar-refractivity contribution is 9.10. The topological polar surface area (TPSA) is 6.48 Å². The molecule has 0 saturated carbocycles. The van der Waals surface area contributed by atoms with Gasteiger partial charge in [-0.25, -0.2) is 0 Å². The molecule has 1 saturated heterocycles. The zero-order valence-corrected chi connectivity index (χ0v) is 13.3. The van der Waals surface area contributed by atoms with Gasteiger partial charge in [0.2, 0.25) is 0 Å². The van der Waals surface area contributed by atoms with E-state index in [-0.39, 0.29) is 0 Å². The first-order chi connectivity index (χ1) is 8.56. The third kappa shape index (κ3) is 3.70. The molecular weight excluding hydrogens is 312 g/mol. The van der Waals surface area contributed by atoms with Crippen LogP contribution in [0.1, 0.15) is 18.4 Å². The maximum absolute atomic E-state index is 6.26. The SMILES string of the molecule is CN(C)C1CCN(Cc2ccc(Br)cc2Cl)CC1. The second-order valence-corrected chi connectivity index (χ2v) is 6.53. The average Bonchev–Trinajstić information content (AvgIpc) is 2.33. The molecule has 1 aliphatic rings. The number of hydrogen-bond donors (Lipinski definition) is 0. The molecule has 1 fully saturated rings. The van der Waals surface area contributed by atoms with Gasteiger partial charge in [-0.3, -0.25) is 4.90 Å². The molecule has 4 heteroatoms. The van der Waals surface area contributed by atoms with Gasteiger partial charge in [0, 0.05) is 22.1 Å². The van der Waals surface area contributed by atoms with E-state index in [0.717, 1.165) is 35.2 Å². The predicted molar refractivity (Wildman–Crippen MR) is 81.1 cm³/mol. The van der Waals surface area contributed by atoms with E-state index in [9.17, 15) is 0 Å². The van der Waals surface area contributed by atoms with Gasteiger partial charge in [0.05, 0.1) is 0 Å². The van der Waals surface area contributed by atoms with Crippen molar-refractivity contribution in [1.29, 1.82) is 0 Å². The zero-order chi connectivity index (χ0) is 13.1. The van der Waals surface area contributed by atoms with Crippen molar-refractivity contribution < 1.29 is 0 Å². The van der Waals surface area contributed by atoms with E-state index in [4.69, 9.17) is 11.6 Å². The molecule has 0 aromatic heterocycles. The molecule has 0 atom stereocenters. The van der Waals surface area contributed by atoms with Crippen molar-refractivity contribution in [1.82, 2.24) is 9.80 Å². The fraction of sp³-hybridized carbons (Fsp3) is 0.571. The fourth-order valence-electron chi connectivity index (χ4n) is 2.48. The Morgan fingerprint density at radius 1 is 1.33 bits per heavy atom. The largest absolute Gasteiger partial charge is 0.306 e. The van der Waals surface area contributed by atoms with Crippen LogP contribution in [0, 0.1) is 0 Å². The molecule has 0 bridgehead atoms. The standard InChI is InChI=1S/C14H20BrClN2/c1-17(2)13-5-7-18(8-6-13)10-11-3-4-12(15)9-14(11)16/h3-4,9,13H,5-8,10H2,1-2H3. The molecule has 2 rings (SSSR count). The van der Waals surface area contributed by atoms with Gasteiger partial charge in [-0.05, 0) is 57.7 Å². The van der Waals surface area contributed by atoms with Gasteiger partial charge in [-0.1, -0.05) is 33.6 Å². The first kappa shape index (κ1) is 14.3. The van der Waals surface area contributed by atoms with E-state index in [1.165, 1.54) is 18.4 Å². The van der Waals surface area contributed by atoms with E-state index in [1.807, 2.05) is 6.07 Å². The Kier molecular flexibility index (Phi) is 5.07. The lowest BCUT2D eigenvalue weighted by Crippen LogP contribution is -2.41. The molecule has 1 aromatic carbocycles. The monoisotopic (exact) mass is 330 g/mol. The minimum absolute atomic E-state index is 0.738. The summed E-state index contributed by atoms with van der Waals surface area (Å²) in [5.41, 5.74) is 1.23. The van der Waals surface area contributed by atoms with Gasteiger partial charge in [0.1, 0.15) is 0 Å². The quantitative estimate of drug-likeness (QED) is 0.834. The van der Waals surface area contributed by atoms with Gasteiger partial charge < -0.3 is 4.90 Å². The first-order valence-corrected chi connectivity index (χ1v) is 7.56. The van der Waals surface area contributed by atoms with E-state index in [0.29, 0.717) is 0 Å². The number of rotatable bonds is 3. The molecule has 18 heavy (non-hydrogen) atoms. The molecule has 100 valence electrons. The lowest BCUT2D eigenvalue weighted by molar-refractivity contribution is 0.140. The van der Waals surface area contributed by atoms with Crippen molar-refractivity contribution in [2.75, 3.05) is 27.2 Å². The van der Waals surface area contributed by atoms with Crippen LogP contribution in [0.3, 0.4) is 0 Å². The third-order valence-corrected chi connectivity index (χ3v) is 4.54. The summed E-state index contributed by atoms with van der Waals surface area (Å²) in [5, 5.41) is 0.860. The smallest absolute Gasteiger partial charge is 0.0462 e. The third-order valence-electron chi connectivity index (χ3n) is 3.70. The highest BCUT2D eigenvalue weighted by Crippen LogP contribution is 2.24. The van der Waals surface area contributed by atoms with Gasteiger partial charge in [-0.2, -0.15) is 0 Å². The Bertz CT molecular complexity index is 401. The van der Waals surface area contributed by atoms with Crippen LogP contribution in [0.15, 0.2) is 22.7 Å². The summed E-state index contributed by atoms with van der Waals surface area (Å²) in [4.78, 5) is 4.83. The predicted octanol–water partition coefficient (Wildman–Crippen LogP) is 3.63. The van der Waals surface area contributed by atoms with E-state index < -0.39 is 0 Å². The Hall–Kier alpha value is -0.0900. The van der Waals surface area contributed by atoms with Crippen molar-refractivity contribution in [3.8, 4) is 0 Å². The van der Waals surface area contributed by atoms with Crippen LogP contribution in [-0.2, 0) is 6.54 Å². The molecule has 1 heterocycles. The summed E-state index contributed by atoms with van der Waals surface area (Å²) in [5.74, 6) is 0. The number of likely N-dealkylation sites (tertiary alicyclic amines) is 1. The number of hydrogen-bond acceptors (Lipinski definition) is 2. The van der Waals surface area contributed by atoms with E-state index in [2.05, 4.69) is 52.0 Å². The van der Waals surface area contributed by atoms with Crippen molar-refractivity contribution in [2.45, 2.75) is 25.4 Å². The summed E-state index contributed by atoms with van der Waals surface area (Å²) < 4.78 is 1.04. The van der Waals surface area contributed by atoms with Gasteiger partial charge in [0.25, 0.3) is 0 Å². The minimum atomic E-state index is 0.738. The summed E-state index contributed by atoms with van der Waals surface area (Å²) in [6.07, 6.45) is 2.50. The van der Waals surface area contributed by atoms with Crippen LogP contribution in [0.5, 0.6) is 0 Å².